The monoisotopic (exact) mass is 158 g/mol. The Morgan fingerprint density at radius 2 is 1.70 bits per heavy atom. The molecule has 0 radical (unpaired) electrons. The molecule has 3 nitrogen and oxygen atoms in total. The first kappa shape index (κ1) is 10.7. The van der Waals surface area contributed by atoms with Gasteiger partial charge in [-0.25, -0.2) is 0 Å². The first-order chi connectivity index (χ1) is 4.68. The van der Waals surface area contributed by atoms with Gasteiger partial charge in [-0.1, -0.05) is 0 Å². The Morgan fingerprint density at radius 1 is 1.30 bits per heavy atom. The fourth-order valence-electron chi connectivity index (χ4n) is 0.613. The van der Waals surface area contributed by atoms with E-state index in [0.717, 1.165) is 0 Å². The van der Waals surface area contributed by atoms with E-state index in [-0.39, 0.29) is 0 Å². The van der Waals surface area contributed by atoms with Gasteiger partial charge in [-0.2, -0.15) is 0 Å². The Bertz CT molecular complexity index is 118. The van der Waals surface area contributed by atoms with Gasteiger partial charge in [-0.05, 0) is 0 Å². The quantitative estimate of drug-likeness (QED) is 0.447. The van der Waals surface area contributed by atoms with Crippen molar-refractivity contribution in [3.8, 4) is 0 Å². The average molecular weight is 158 g/mol. The summed E-state index contributed by atoms with van der Waals surface area (Å²) < 4.78 is 21.2. The molecule has 0 aliphatic rings. The van der Waals surface area contributed by atoms with E-state index in [1.54, 1.807) is 31.6 Å². The molecule has 0 spiro atoms. The van der Waals surface area contributed by atoms with Crippen LogP contribution in [0, 0.1) is 0 Å². The van der Waals surface area contributed by atoms with Crippen LogP contribution in [0.5, 0.6) is 0 Å². The fourth-order valence-corrected chi connectivity index (χ4v) is 1.84. The molecule has 0 heterocycles. The molecular weight excluding hydrogens is 146 g/mol. The summed E-state index contributed by atoms with van der Waals surface area (Å²) in [4.78, 5) is 0.453. The van der Waals surface area contributed by atoms with Crippen LogP contribution < -0.4 is 0 Å². The third kappa shape index (κ3) is 3.80. The molecule has 0 amide bonds. The second-order valence-electron chi connectivity index (χ2n) is 1.76. The van der Waals surface area contributed by atoms with Crippen LogP contribution in [0.15, 0.2) is 0 Å². The van der Waals surface area contributed by atoms with Gasteiger partial charge >= 0.3 is 70.8 Å². The molecule has 10 heavy (non-hydrogen) atoms. The van der Waals surface area contributed by atoms with E-state index >= 15 is 0 Å². The molecule has 0 aliphatic carbocycles. The second-order valence-corrected chi connectivity index (χ2v) is 4.13. The number of hydrogen-bond donors (Lipinski definition) is 0. The normalized spacial score (nSPS) is 12.0. The van der Waals surface area contributed by atoms with E-state index in [9.17, 15) is 4.57 Å². The van der Waals surface area contributed by atoms with Crippen molar-refractivity contribution < 1.29 is 13.6 Å². The SMILES string of the molecule is [Li][CH2]P(=O)(OCC)OCC. The van der Waals surface area contributed by atoms with Crippen LogP contribution in [0.3, 0.4) is 0 Å². The van der Waals surface area contributed by atoms with Crippen LogP contribution in [0.2, 0.25) is 0 Å². The molecule has 0 bridgehead atoms. The van der Waals surface area contributed by atoms with Crippen molar-refractivity contribution in [2.45, 2.75) is 13.8 Å². The summed E-state index contributed by atoms with van der Waals surface area (Å²) in [5, 5.41) is 0. The van der Waals surface area contributed by atoms with E-state index in [1.165, 1.54) is 0 Å². The van der Waals surface area contributed by atoms with Gasteiger partial charge in [0.15, 0.2) is 0 Å². The summed E-state index contributed by atoms with van der Waals surface area (Å²) in [5.41, 5.74) is 0. The summed E-state index contributed by atoms with van der Waals surface area (Å²) in [6.07, 6.45) is 0. The van der Waals surface area contributed by atoms with E-state index in [2.05, 4.69) is 0 Å². The molecule has 0 aromatic carbocycles. The summed E-state index contributed by atoms with van der Waals surface area (Å²) >= 11 is 1.80. The predicted octanol–water partition coefficient (Wildman–Crippen LogP) is 1.38. The van der Waals surface area contributed by atoms with Crippen molar-refractivity contribution in [1.29, 1.82) is 0 Å². The van der Waals surface area contributed by atoms with Crippen LogP contribution >= 0.6 is 7.60 Å². The maximum absolute atomic E-state index is 11.3. The van der Waals surface area contributed by atoms with Crippen LogP contribution in [0.25, 0.3) is 0 Å². The zero-order valence-electron chi connectivity index (χ0n) is 6.79. The van der Waals surface area contributed by atoms with Crippen LogP contribution in [0.4, 0.5) is 0 Å². The van der Waals surface area contributed by atoms with Gasteiger partial charge in [-0.3, -0.25) is 0 Å². The van der Waals surface area contributed by atoms with Crippen molar-refractivity contribution >= 4 is 25.3 Å². The molecule has 0 rings (SSSR count). The number of hydrogen-bond acceptors (Lipinski definition) is 3. The van der Waals surface area contributed by atoms with Gasteiger partial charge < -0.3 is 0 Å². The van der Waals surface area contributed by atoms with Crippen LogP contribution in [-0.2, 0) is 13.6 Å². The summed E-state index contributed by atoms with van der Waals surface area (Å²) in [7, 11) is -2.70. The van der Waals surface area contributed by atoms with E-state index in [4.69, 9.17) is 9.05 Å². The molecule has 5 heteroatoms. The average Bonchev–Trinajstić information content (AvgIpc) is 1.89. The topological polar surface area (TPSA) is 35.5 Å². The third-order valence-electron chi connectivity index (χ3n) is 1.04. The van der Waals surface area contributed by atoms with Gasteiger partial charge in [0.05, 0.1) is 0 Å². The summed E-state index contributed by atoms with van der Waals surface area (Å²) in [6, 6.07) is 0. The van der Waals surface area contributed by atoms with E-state index in [0.29, 0.717) is 18.0 Å². The van der Waals surface area contributed by atoms with Crippen molar-refractivity contribution in [3.63, 3.8) is 0 Å². The van der Waals surface area contributed by atoms with Gasteiger partial charge in [0.2, 0.25) is 0 Å². The predicted molar refractivity (Wildman–Crippen MR) is 41.5 cm³/mol. The zero-order chi connectivity index (χ0) is 8.04. The molecule has 56 valence electrons. The van der Waals surface area contributed by atoms with E-state index < -0.39 is 7.60 Å². The van der Waals surface area contributed by atoms with Crippen molar-refractivity contribution in [3.05, 3.63) is 0 Å². The molecule has 0 N–H and O–H groups in total. The molecule has 0 saturated heterocycles. The maximum atomic E-state index is 11.3. The minimum absolute atomic E-state index is 0.450. The molecule has 0 atom stereocenters. The summed E-state index contributed by atoms with van der Waals surface area (Å²) in [6.45, 7) is 4.51. The van der Waals surface area contributed by atoms with E-state index in [1.807, 2.05) is 0 Å². The van der Waals surface area contributed by atoms with Crippen LogP contribution in [0.1, 0.15) is 13.8 Å². The molecule has 0 aromatic heterocycles. The fraction of sp³-hybridized carbons (Fsp3) is 1.00. The standard InChI is InChI=1S/C5H12O3P.Li/c1-4-7-9(3,6)8-5-2;/h3-5H2,1-2H3;. The Balaban J connectivity index is 3.83. The molecular formula is C5H12LiO3P. The first-order valence-electron chi connectivity index (χ1n) is 3.56. The van der Waals surface area contributed by atoms with Gasteiger partial charge in [0.1, 0.15) is 0 Å². The van der Waals surface area contributed by atoms with Gasteiger partial charge in [0, 0.05) is 0 Å². The van der Waals surface area contributed by atoms with Gasteiger partial charge in [-0.15, -0.1) is 0 Å². The van der Waals surface area contributed by atoms with Gasteiger partial charge in [0.25, 0.3) is 0 Å². The molecule has 0 aliphatic heterocycles. The van der Waals surface area contributed by atoms with Crippen molar-refractivity contribution in [2.75, 3.05) is 18.0 Å². The van der Waals surface area contributed by atoms with Crippen molar-refractivity contribution in [2.24, 2.45) is 0 Å². The molecule has 0 saturated carbocycles. The second kappa shape index (κ2) is 5.40. The third-order valence-corrected chi connectivity index (χ3v) is 3.12. The first-order valence-corrected chi connectivity index (χ1v) is 5.29. The Hall–Kier alpha value is 0.747. The number of rotatable bonds is 5. The van der Waals surface area contributed by atoms with Crippen molar-refractivity contribution in [1.82, 2.24) is 0 Å². The Kier molecular flexibility index (Phi) is 5.81. The Labute approximate surface area is 71.2 Å². The molecule has 0 unspecified atom stereocenters. The summed E-state index contributed by atoms with van der Waals surface area (Å²) in [5.74, 6) is 0. The zero-order valence-corrected chi connectivity index (χ0v) is 7.69. The Morgan fingerprint density at radius 3 is 1.90 bits per heavy atom. The molecule has 0 aromatic rings. The molecule has 0 fully saturated rings. The minimum atomic E-state index is -2.70. The van der Waals surface area contributed by atoms with Crippen LogP contribution in [-0.4, -0.2) is 35.8 Å².